The molecule has 1 N–H and O–H groups in total. The molecular weight excluding hydrogens is 324 g/mol. The van der Waals surface area contributed by atoms with E-state index in [-0.39, 0.29) is 17.2 Å². The summed E-state index contributed by atoms with van der Waals surface area (Å²) in [6.07, 6.45) is 8.23. The van der Waals surface area contributed by atoms with E-state index >= 15 is 0 Å². The van der Waals surface area contributed by atoms with Gasteiger partial charge in [-0.25, -0.2) is 0 Å². The van der Waals surface area contributed by atoms with Crippen molar-refractivity contribution in [1.29, 1.82) is 0 Å². The molecule has 2 aliphatic carbocycles. The maximum absolute atomic E-state index is 12.5. The zero-order chi connectivity index (χ0) is 18.0. The van der Waals surface area contributed by atoms with E-state index < -0.39 is 0 Å². The molecule has 4 nitrogen and oxygen atoms in total. The number of nitrogens with one attached hydrogen (secondary N) is 1. The SMILES string of the molecule is O=C(NCCCc1ccccc1)C1CC12CCN(C(=O)CC1CC1)CC2. The average molecular weight is 354 g/mol. The number of rotatable bonds is 7. The predicted octanol–water partition coefficient (Wildman–Crippen LogP) is 3.16. The van der Waals surface area contributed by atoms with Crippen LogP contribution in [0.1, 0.15) is 50.5 Å². The van der Waals surface area contributed by atoms with Crippen LogP contribution in [0.5, 0.6) is 0 Å². The highest BCUT2D eigenvalue weighted by Gasteiger charge is 2.58. The molecule has 0 aromatic heterocycles. The van der Waals surface area contributed by atoms with Gasteiger partial charge in [0.05, 0.1) is 0 Å². The number of hydrogen-bond donors (Lipinski definition) is 1. The number of aryl methyl sites for hydroxylation is 1. The third kappa shape index (κ3) is 4.11. The Morgan fingerprint density at radius 3 is 2.54 bits per heavy atom. The fraction of sp³-hybridized carbons (Fsp3) is 0.636. The monoisotopic (exact) mass is 354 g/mol. The van der Waals surface area contributed by atoms with Crippen LogP contribution in [0.25, 0.3) is 0 Å². The average Bonchev–Trinajstić information content (AvgIpc) is 3.58. The Balaban J connectivity index is 1.15. The topological polar surface area (TPSA) is 49.4 Å². The first-order valence-corrected chi connectivity index (χ1v) is 10.3. The van der Waals surface area contributed by atoms with E-state index in [0.29, 0.717) is 11.8 Å². The van der Waals surface area contributed by atoms with E-state index in [1.54, 1.807) is 0 Å². The van der Waals surface area contributed by atoms with Gasteiger partial charge in [-0.1, -0.05) is 30.3 Å². The van der Waals surface area contributed by atoms with E-state index in [1.165, 1.54) is 18.4 Å². The first kappa shape index (κ1) is 17.6. The fourth-order valence-electron chi connectivity index (χ4n) is 4.44. The minimum Gasteiger partial charge on any atom is -0.356 e. The van der Waals surface area contributed by atoms with E-state index in [4.69, 9.17) is 0 Å². The summed E-state index contributed by atoms with van der Waals surface area (Å²) in [5, 5.41) is 3.14. The Bertz CT molecular complexity index is 645. The number of piperidine rings is 1. The number of hydrogen-bond acceptors (Lipinski definition) is 2. The summed E-state index contributed by atoms with van der Waals surface area (Å²) in [6.45, 7) is 2.46. The number of carbonyl (C=O) groups is 2. The predicted molar refractivity (Wildman–Crippen MR) is 101 cm³/mol. The summed E-state index contributed by atoms with van der Waals surface area (Å²) in [5.41, 5.74) is 1.52. The lowest BCUT2D eigenvalue weighted by molar-refractivity contribution is -0.133. The molecule has 1 heterocycles. The van der Waals surface area contributed by atoms with Crippen molar-refractivity contribution in [2.75, 3.05) is 19.6 Å². The molecule has 0 bridgehead atoms. The van der Waals surface area contributed by atoms with Gasteiger partial charge in [0.1, 0.15) is 0 Å². The van der Waals surface area contributed by atoms with Gasteiger partial charge in [-0.05, 0) is 61.8 Å². The highest BCUT2D eigenvalue weighted by Crippen LogP contribution is 2.59. The molecule has 1 spiro atoms. The van der Waals surface area contributed by atoms with Crippen LogP contribution in [0.15, 0.2) is 30.3 Å². The molecule has 26 heavy (non-hydrogen) atoms. The molecule has 3 fully saturated rings. The Kier molecular flexibility index (Phi) is 5.01. The number of carbonyl (C=O) groups excluding carboxylic acids is 2. The first-order chi connectivity index (χ1) is 12.7. The van der Waals surface area contributed by atoms with Crippen molar-refractivity contribution in [2.24, 2.45) is 17.3 Å². The Labute approximate surface area is 156 Å². The maximum atomic E-state index is 12.5. The lowest BCUT2D eigenvalue weighted by Gasteiger charge is -2.33. The van der Waals surface area contributed by atoms with Crippen molar-refractivity contribution in [1.82, 2.24) is 10.2 Å². The van der Waals surface area contributed by atoms with Gasteiger partial charge >= 0.3 is 0 Å². The third-order valence-electron chi connectivity index (χ3n) is 6.56. The van der Waals surface area contributed by atoms with Crippen LogP contribution >= 0.6 is 0 Å². The second-order valence-electron chi connectivity index (χ2n) is 8.53. The quantitative estimate of drug-likeness (QED) is 0.765. The molecule has 1 aromatic rings. The number of likely N-dealkylation sites (tertiary alicyclic amines) is 1. The van der Waals surface area contributed by atoms with Gasteiger partial charge in [0.15, 0.2) is 0 Å². The molecule has 1 atom stereocenters. The molecular formula is C22H30N2O2. The van der Waals surface area contributed by atoms with E-state index in [2.05, 4.69) is 29.6 Å². The maximum Gasteiger partial charge on any atom is 0.223 e. The number of benzene rings is 1. The molecule has 0 radical (unpaired) electrons. The van der Waals surface area contributed by atoms with Crippen molar-refractivity contribution in [3.63, 3.8) is 0 Å². The normalized spacial score (nSPS) is 23.7. The minimum atomic E-state index is 0.180. The molecule has 3 aliphatic rings. The first-order valence-electron chi connectivity index (χ1n) is 10.3. The Hall–Kier alpha value is -1.84. The van der Waals surface area contributed by atoms with Gasteiger partial charge in [-0.2, -0.15) is 0 Å². The molecule has 4 heteroatoms. The summed E-state index contributed by atoms with van der Waals surface area (Å²) in [7, 11) is 0. The minimum absolute atomic E-state index is 0.180. The van der Waals surface area contributed by atoms with Crippen LogP contribution < -0.4 is 5.32 Å². The van der Waals surface area contributed by atoms with Crippen LogP contribution in [-0.2, 0) is 16.0 Å². The molecule has 4 rings (SSSR count). The molecule has 1 saturated heterocycles. The second kappa shape index (κ2) is 7.42. The zero-order valence-electron chi connectivity index (χ0n) is 15.6. The van der Waals surface area contributed by atoms with Crippen LogP contribution in [0.2, 0.25) is 0 Å². The number of nitrogens with zero attached hydrogens (tertiary/aromatic N) is 1. The lowest BCUT2D eigenvalue weighted by Crippen LogP contribution is -2.40. The highest BCUT2D eigenvalue weighted by atomic mass is 16.2. The molecule has 2 saturated carbocycles. The van der Waals surface area contributed by atoms with Gasteiger partial charge in [-0.3, -0.25) is 9.59 Å². The molecule has 1 aromatic carbocycles. The van der Waals surface area contributed by atoms with E-state index in [9.17, 15) is 9.59 Å². The molecule has 1 aliphatic heterocycles. The molecule has 140 valence electrons. The van der Waals surface area contributed by atoms with Crippen molar-refractivity contribution in [3.8, 4) is 0 Å². The standard InChI is InChI=1S/C22H30N2O2/c25-20(15-18-8-9-18)24-13-10-22(11-14-24)16-19(22)21(26)23-12-4-7-17-5-2-1-3-6-17/h1-3,5-6,18-19H,4,7-16H2,(H,23,26). The summed E-state index contributed by atoms with van der Waals surface area (Å²) in [4.78, 5) is 26.7. The summed E-state index contributed by atoms with van der Waals surface area (Å²) < 4.78 is 0. The van der Waals surface area contributed by atoms with Crippen LogP contribution in [0.3, 0.4) is 0 Å². The van der Waals surface area contributed by atoms with Crippen molar-refractivity contribution >= 4 is 11.8 Å². The summed E-state index contributed by atoms with van der Waals surface area (Å²) in [5.74, 6) is 1.41. The van der Waals surface area contributed by atoms with Crippen molar-refractivity contribution < 1.29 is 9.59 Å². The van der Waals surface area contributed by atoms with Crippen molar-refractivity contribution in [2.45, 2.75) is 51.4 Å². The van der Waals surface area contributed by atoms with Crippen LogP contribution in [-0.4, -0.2) is 36.3 Å². The van der Waals surface area contributed by atoms with E-state index in [0.717, 1.165) is 58.2 Å². The fourth-order valence-corrected chi connectivity index (χ4v) is 4.44. The van der Waals surface area contributed by atoms with Crippen LogP contribution in [0.4, 0.5) is 0 Å². The molecule has 1 unspecified atom stereocenters. The van der Waals surface area contributed by atoms with Gasteiger partial charge in [0.2, 0.25) is 11.8 Å². The Morgan fingerprint density at radius 2 is 1.85 bits per heavy atom. The summed E-state index contributed by atoms with van der Waals surface area (Å²) in [6, 6.07) is 10.4. The smallest absolute Gasteiger partial charge is 0.223 e. The highest BCUT2D eigenvalue weighted by molar-refractivity contribution is 5.83. The van der Waals surface area contributed by atoms with Gasteiger partial charge < -0.3 is 10.2 Å². The largest absolute Gasteiger partial charge is 0.356 e. The van der Waals surface area contributed by atoms with Gasteiger partial charge in [-0.15, -0.1) is 0 Å². The Morgan fingerprint density at radius 1 is 1.12 bits per heavy atom. The third-order valence-corrected chi connectivity index (χ3v) is 6.56. The van der Waals surface area contributed by atoms with Gasteiger partial charge in [0.25, 0.3) is 0 Å². The summed E-state index contributed by atoms with van der Waals surface area (Å²) >= 11 is 0. The number of amides is 2. The van der Waals surface area contributed by atoms with E-state index in [1.807, 2.05) is 11.0 Å². The zero-order valence-corrected chi connectivity index (χ0v) is 15.6. The van der Waals surface area contributed by atoms with Crippen molar-refractivity contribution in [3.05, 3.63) is 35.9 Å². The second-order valence-corrected chi connectivity index (χ2v) is 8.53. The molecule has 2 amide bonds. The van der Waals surface area contributed by atoms with Crippen LogP contribution in [0, 0.1) is 17.3 Å². The lowest BCUT2D eigenvalue weighted by atomic mass is 9.90. The van der Waals surface area contributed by atoms with Gasteiger partial charge in [0, 0.05) is 32.0 Å².